The van der Waals surface area contributed by atoms with Crippen LogP contribution < -0.4 is 16.0 Å². The van der Waals surface area contributed by atoms with Crippen LogP contribution in [0.1, 0.15) is 59.1 Å². The van der Waals surface area contributed by atoms with Gasteiger partial charge in [-0.25, -0.2) is 0 Å². The maximum atomic E-state index is 5.75. The second-order valence-electron chi connectivity index (χ2n) is 6.83. The van der Waals surface area contributed by atoms with Gasteiger partial charge in [-0.15, -0.1) is 0 Å². The zero-order valence-corrected chi connectivity index (χ0v) is 13.6. The van der Waals surface area contributed by atoms with Gasteiger partial charge in [0.05, 0.1) is 6.61 Å². The minimum atomic E-state index is 0.174. The Bertz CT molecular complexity index is 398. The Kier molecular flexibility index (Phi) is 6.50. The van der Waals surface area contributed by atoms with Gasteiger partial charge in [0.25, 0.3) is 0 Å². The molecule has 114 valence electrons. The zero-order chi connectivity index (χ0) is 15.2. The lowest BCUT2D eigenvalue weighted by atomic mass is 9.82. The summed E-state index contributed by atoms with van der Waals surface area (Å²) in [6.45, 7) is 11.8. The van der Waals surface area contributed by atoms with Crippen molar-refractivity contribution in [2.75, 3.05) is 6.61 Å². The largest absolute Gasteiger partial charge is 0.494 e. The van der Waals surface area contributed by atoms with Crippen molar-refractivity contribution in [1.82, 2.24) is 5.43 Å². The number of nitrogens with one attached hydrogen (secondary N) is 1. The van der Waals surface area contributed by atoms with Crippen molar-refractivity contribution in [3.8, 4) is 5.75 Å². The van der Waals surface area contributed by atoms with Gasteiger partial charge in [0.2, 0.25) is 0 Å². The topological polar surface area (TPSA) is 47.3 Å². The molecule has 0 aliphatic heterocycles. The number of hydrogen-bond acceptors (Lipinski definition) is 3. The van der Waals surface area contributed by atoms with Crippen LogP contribution in [0.5, 0.6) is 5.75 Å². The van der Waals surface area contributed by atoms with E-state index >= 15 is 0 Å². The molecule has 0 spiro atoms. The molecule has 0 aliphatic carbocycles. The van der Waals surface area contributed by atoms with Crippen molar-refractivity contribution in [3.05, 3.63) is 29.8 Å². The fraction of sp³-hybridized carbons (Fsp3) is 0.647. The van der Waals surface area contributed by atoms with Crippen molar-refractivity contribution in [2.24, 2.45) is 17.2 Å². The van der Waals surface area contributed by atoms with Crippen molar-refractivity contribution in [2.45, 2.75) is 53.5 Å². The van der Waals surface area contributed by atoms with Crippen LogP contribution in [0.4, 0.5) is 0 Å². The molecule has 2 unspecified atom stereocenters. The number of benzene rings is 1. The van der Waals surface area contributed by atoms with Gasteiger partial charge in [0, 0.05) is 6.04 Å². The van der Waals surface area contributed by atoms with Crippen molar-refractivity contribution >= 4 is 0 Å². The van der Waals surface area contributed by atoms with Crippen LogP contribution in [0.15, 0.2) is 24.3 Å². The summed E-state index contributed by atoms with van der Waals surface area (Å²) in [4.78, 5) is 0. The summed E-state index contributed by atoms with van der Waals surface area (Å²) in [5.41, 5.74) is 4.50. The first-order valence-electron chi connectivity index (χ1n) is 7.54. The Hall–Kier alpha value is -1.06. The van der Waals surface area contributed by atoms with E-state index in [0.717, 1.165) is 12.2 Å². The molecule has 0 heterocycles. The third kappa shape index (κ3) is 5.93. The highest BCUT2D eigenvalue weighted by atomic mass is 16.5. The van der Waals surface area contributed by atoms with Crippen molar-refractivity contribution < 1.29 is 4.74 Å². The molecule has 3 nitrogen and oxygen atoms in total. The average molecular weight is 278 g/mol. The first kappa shape index (κ1) is 17.0. The Labute approximate surface area is 123 Å². The molecule has 1 rings (SSSR count). The molecule has 3 heteroatoms. The van der Waals surface area contributed by atoms with Crippen molar-refractivity contribution in [3.63, 3.8) is 0 Å². The summed E-state index contributed by atoms with van der Waals surface area (Å²) in [5, 5.41) is 0. The van der Waals surface area contributed by atoms with Crippen LogP contribution in [0.2, 0.25) is 0 Å². The quantitative estimate of drug-likeness (QED) is 0.584. The number of ether oxygens (including phenoxy) is 1. The fourth-order valence-electron chi connectivity index (χ4n) is 2.82. The Balaban J connectivity index is 2.72. The second-order valence-corrected chi connectivity index (χ2v) is 6.83. The molecule has 20 heavy (non-hydrogen) atoms. The summed E-state index contributed by atoms with van der Waals surface area (Å²) >= 11 is 0. The summed E-state index contributed by atoms with van der Waals surface area (Å²) in [7, 11) is 0. The Morgan fingerprint density at radius 1 is 1.30 bits per heavy atom. The lowest BCUT2D eigenvalue weighted by Crippen LogP contribution is -2.30. The van der Waals surface area contributed by atoms with Crippen LogP contribution in [0.25, 0.3) is 0 Å². The molecule has 0 radical (unpaired) electrons. The van der Waals surface area contributed by atoms with Gasteiger partial charge in [-0.1, -0.05) is 39.8 Å². The molecule has 1 aromatic carbocycles. The number of nitrogens with two attached hydrogens (primary N) is 1. The third-order valence-corrected chi connectivity index (χ3v) is 3.37. The van der Waals surface area contributed by atoms with E-state index in [1.807, 2.05) is 19.1 Å². The highest BCUT2D eigenvalue weighted by Crippen LogP contribution is 2.31. The van der Waals surface area contributed by atoms with Crippen molar-refractivity contribution in [1.29, 1.82) is 0 Å². The van der Waals surface area contributed by atoms with Gasteiger partial charge in [0.15, 0.2) is 0 Å². The van der Waals surface area contributed by atoms with E-state index in [-0.39, 0.29) is 6.04 Å². The standard InChI is InChI=1S/C17H30N2O/c1-6-20-15-9-7-8-14(11-15)16(19-18)10-13(2)12-17(3,4)5/h7-9,11,13,16,19H,6,10,12,18H2,1-5H3. The van der Waals surface area contributed by atoms with Gasteiger partial charge < -0.3 is 4.74 Å². The molecule has 0 amide bonds. The molecular formula is C17H30N2O. The molecule has 0 bridgehead atoms. The van der Waals surface area contributed by atoms with E-state index in [0.29, 0.717) is 17.9 Å². The first-order chi connectivity index (χ1) is 9.35. The minimum Gasteiger partial charge on any atom is -0.494 e. The summed E-state index contributed by atoms with van der Waals surface area (Å²) in [6, 6.07) is 8.38. The predicted molar refractivity (Wildman–Crippen MR) is 85.5 cm³/mol. The molecule has 1 aromatic rings. The van der Waals surface area contributed by atoms with E-state index in [1.165, 1.54) is 12.0 Å². The number of hydrazine groups is 1. The molecule has 0 saturated carbocycles. The molecule has 0 aliphatic rings. The molecule has 0 saturated heterocycles. The molecule has 2 atom stereocenters. The molecule has 3 N–H and O–H groups in total. The Morgan fingerprint density at radius 2 is 2.00 bits per heavy atom. The van der Waals surface area contributed by atoms with Gasteiger partial charge in [-0.05, 0) is 48.8 Å². The van der Waals surface area contributed by atoms with E-state index in [9.17, 15) is 0 Å². The average Bonchev–Trinajstić information content (AvgIpc) is 2.34. The maximum absolute atomic E-state index is 5.75. The monoisotopic (exact) mass is 278 g/mol. The van der Waals surface area contributed by atoms with Crippen LogP contribution in [0.3, 0.4) is 0 Å². The highest BCUT2D eigenvalue weighted by Gasteiger charge is 2.19. The SMILES string of the molecule is CCOc1cccc(C(CC(C)CC(C)(C)C)NN)c1. The smallest absolute Gasteiger partial charge is 0.119 e. The number of rotatable bonds is 7. The van der Waals surface area contributed by atoms with Gasteiger partial charge in [0.1, 0.15) is 5.75 Å². The lowest BCUT2D eigenvalue weighted by Gasteiger charge is -2.26. The van der Waals surface area contributed by atoms with Gasteiger partial charge in [-0.3, -0.25) is 11.3 Å². The van der Waals surface area contributed by atoms with E-state index in [1.54, 1.807) is 0 Å². The van der Waals surface area contributed by atoms with Crippen LogP contribution in [-0.2, 0) is 0 Å². The van der Waals surface area contributed by atoms with Gasteiger partial charge >= 0.3 is 0 Å². The summed E-state index contributed by atoms with van der Waals surface area (Å²) < 4.78 is 5.56. The lowest BCUT2D eigenvalue weighted by molar-refractivity contribution is 0.276. The predicted octanol–water partition coefficient (Wildman–Crippen LogP) is 4.05. The molecular weight excluding hydrogens is 248 g/mol. The second kappa shape index (κ2) is 7.65. The summed E-state index contributed by atoms with van der Waals surface area (Å²) in [5.74, 6) is 7.28. The molecule has 0 aromatic heterocycles. The fourth-order valence-corrected chi connectivity index (χ4v) is 2.82. The summed E-state index contributed by atoms with van der Waals surface area (Å²) in [6.07, 6.45) is 2.22. The molecule has 0 fully saturated rings. The van der Waals surface area contributed by atoms with E-state index in [2.05, 4.69) is 45.3 Å². The van der Waals surface area contributed by atoms with Crippen LogP contribution in [-0.4, -0.2) is 6.61 Å². The first-order valence-corrected chi connectivity index (χ1v) is 7.54. The Morgan fingerprint density at radius 3 is 2.55 bits per heavy atom. The van der Waals surface area contributed by atoms with Crippen LogP contribution >= 0.6 is 0 Å². The third-order valence-electron chi connectivity index (χ3n) is 3.37. The van der Waals surface area contributed by atoms with E-state index in [4.69, 9.17) is 10.6 Å². The highest BCUT2D eigenvalue weighted by molar-refractivity contribution is 5.30. The van der Waals surface area contributed by atoms with E-state index < -0.39 is 0 Å². The normalized spacial score (nSPS) is 14.9. The van der Waals surface area contributed by atoms with Crippen LogP contribution in [0, 0.1) is 11.3 Å². The number of hydrogen-bond donors (Lipinski definition) is 2. The van der Waals surface area contributed by atoms with Gasteiger partial charge in [-0.2, -0.15) is 0 Å². The minimum absolute atomic E-state index is 0.174. The zero-order valence-electron chi connectivity index (χ0n) is 13.6. The maximum Gasteiger partial charge on any atom is 0.119 e.